The Hall–Kier alpha value is -1.97. The fourth-order valence-corrected chi connectivity index (χ4v) is 4.13. The molecule has 3 aromatic carbocycles. The van der Waals surface area contributed by atoms with Crippen LogP contribution in [0.1, 0.15) is 12.5 Å². The van der Waals surface area contributed by atoms with Crippen LogP contribution in [0.3, 0.4) is 0 Å². The summed E-state index contributed by atoms with van der Waals surface area (Å²) in [5, 5.41) is 2.61. The third kappa shape index (κ3) is 4.31. The van der Waals surface area contributed by atoms with Gasteiger partial charge in [0.25, 0.3) is 0 Å². The molecule has 0 bridgehead atoms. The van der Waals surface area contributed by atoms with Gasteiger partial charge in [-0.3, -0.25) is 4.79 Å². The summed E-state index contributed by atoms with van der Waals surface area (Å²) in [5.74, 6) is 1.32. The van der Waals surface area contributed by atoms with Crippen molar-refractivity contribution in [3.8, 4) is 5.75 Å². The first-order valence-corrected chi connectivity index (χ1v) is 9.31. The fourth-order valence-electron chi connectivity index (χ4n) is 2.64. The Morgan fingerprint density at radius 1 is 0.958 bits per heavy atom. The van der Waals surface area contributed by atoms with Gasteiger partial charge in [-0.2, -0.15) is 0 Å². The molecule has 0 aromatic heterocycles. The number of rotatable bonds is 4. The van der Waals surface area contributed by atoms with Crippen molar-refractivity contribution in [1.29, 1.82) is 0 Å². The van der Waals surface area contributed by atoms with Gasteiger partial charge < -0.3 is 17.1 Å². The highest BCUT2D eigenvalue weighted by Crippen LogP contribution is 2.25. The van der Waals surface area contributed by atoms with E-state index in [1.165, 1.54) is 28.2 Å². The number of halogens is 1. The number of esters is 1. The average molecular weight is 359 g/mol. The molecule has 0 spiro atoms. The first-order valence-electron chi connectivity index (χ1n) is 7.51. The highest BCUT2D eigenvalue weighted by molar-refractivity contribution is 7.95. The van der Waals surface area contributed by atoms with E-state index in [0.29, 0.717) is 5.75 Å². The second kappa shape index (κ2) is 8.22. The van der Waals surface area contributed by atoms with Crippen molar-refractivity contribution in [3.05, 3.63) is 72.3 Å². The van der Waals surface area contributed by atoms with Gasteiger partial charge in [0.2, 0.25) is 0 Å². The maximum absolute atomic E-state index is 11.0. The molecule has 0 saturated heterocycles. The second-order valence-electron chi connectivity index (χ2n) is 5.48. The molecular weight excluding hydrogens is 340 g/mol. The van der Waals surface area contributed by atoms with E-state index in [2.05, 4.69) is 48.7 Å². The van der Waals surface area contributed by atoms with Gasteiger partial charge in [-0.1, -0.05) is 42.5 Å². The van der Waals surface area contributed by atoms with Gasteiger partial charge in [0.05, 0.1) is 0 Å². The Balaban J connectivity index is 0.00000208. The molecule has 124 valence electrons. The number of fused-ring (bicyclic) bond motifs is 1. The summed E-state index contributed by atoms with van der Waals surface area (Å²) in [5.41, 5.74) is 1.37. The molecule has 0 heterocycles. The molecule has 4 heteroatoms. The second-order valence-corrected chi connectivity index (χ2v) is 7.52. The van der Waals surface area contributed by atoms with Crippen LogP contribution in [0.25, 0.3) is 10.8 Å². The molecule has 0 radical (unpaired) electrons. The summed E-state index contributed by atoms with van der Waals surface area (Å²) >= 11 is 0. The highest BCUT2D eigenvalue weighted by atomic mass is 35.5. The maximum Gasteiger partial charge on any atom is 0.308 e. The minimum absolute atomic E-state index is 0. The smallest absolute Gasteiger partial charge is 0.308 e. The highest BCUT2D eigenvalue weighted by Gasteiger charge is 2.17. The lowest BCUT2D eigenvalue weighted by Gasteiger charge is -2.07. The summed E-state index contributed by atoms with van der Waals surface area (Å²) in [4.78, 5) is 12.2. The average Bonchev–Trinajstić information content (AvgIpc) is 2.55. The molecule has 2 nitrogen and oxygen atoms in total. The lowest BCUT2D eigenvalue weighted by molar-refractivity contribution is -0.131. The van der Waals surface area contributed by atoms with Crippen LogP contribution in [0.2, 0.25) is 0 Å². The molecular formula is C20H19ClO2S. The van der Waals surface area contributed by atoms with E-state index in [9.17, 15) is 4.79 Å². The van der Waals surface area contributed by atoms with Gasteiger partial charge in [-0.05, 0) is 35.0 Å². The largest absolute Gasteiger partial charge is 1.00 e. The molecule has 0 fully saturated rings. The first-order chi connectivity index (χ1) is 11.1. The number of benzene rings is 3. The quantitative estimate of drug-likeness (QED) is 0.402. The molecule has 1 atom stereocenters. The SMILES string of the molecule is CC(=O)Oc1ccc([S+](C)Cc2cccc3ccccc23)cc1.[Cl-]. The minimum Gasteiger partial charge on any atom is -1.00 e. The van der Waals surface area contributed by atoms with Crippen molar-refractivity contribution in [2.75, 3.05) is 6.26 Å². The number of ether oxygens (including phenoxy) is 1. The topological polar surface area (TPSA) is 26.3 Å². The van der Waals surface area contributed by atoms with Gasteiger partial charge in [-0.25, -0.2) is 0 Å². The van der Waals surface area contributed by atoms with Gasteiger partial charge in [0.15, 0.2) is 4.90 Å². The number of carbonyl (C=O) groups is 1. The molecule has 0 N–H and O–H groups in total. The molecule has 0 aliphatic carbocycles. The molecule has 0 aliphatic rings. The van der Waals surface area contributed by atoms with E-state index >= 15 is 0 Å². The first kappa shape index (κ1) is 18.4. The number of hydrogen-bond acceptors (Lipinski definition) is 2. The van der Waals surface area contributed by atoms with Gasteiger partial charge >= 0.3 is 5.97 Å². The zero-order valence-corrected chi connectivity index (χ0v) is 15.2. The molecule has 3 aromatic rings. The van der Waals surface area contributed by atoms with Crippen molar-refractivity contribution in [1.82, 2.24) is 0 Å². The Labute approximate surface area is 151 Å². The lowest BCUT2D eigenvalue weighted by atomic mass is 10.1. The Morgan fingerprint density at radius 3 is 2.33 bits per heavy atom. The summed E-state index contributed by atoms with van der Waals surface area (Å²) in [7, 11) is 0.0982. The van der Waals surface area contributed by atoms with Crippen molar-refractivity contribution in [2.45, 2.75) is 17.6 Å². The van der Waals surface area contributed by atoms with Crippen LogP contribution in [0.5, 0.6) is 5.75 Å². The minimum atomic E-state index is -0.288. The number of carbonyl (C=O) groups excluding carboxylic acids is 1. The Bertz CT molecular complexity index is 825. The van der Waals surface area contributed by atoms with Crippen LogP contribution in [-0.2, 0) is 21.4 Å². The van der Waals surface area contributed by atoms with Crippen molar-refractivity contribution in [3.63, 3.8) is 0 Å². The van der Waals surface area contributed by atoms with E-state index in [0.717, 1.165) is 5.75 Å². The summed E-state index contributed by atoms with van der Waals surface area (Å²) in [6.45, 7) is 1.42. The molecule has 0 saturated carbocycles. The van der Waals surface area contributed by atoms with Crippen LogP contribution in [0, 0.1) is 0 Å². The number of hydrogen-bond donors (Lipinski definition) is 0. The third-order valence-corrected chi connectivity index (χ3v) is 5.56. The van der Waals surface area contributed by atoms with Crippen molar-refractivity contribution in [2.24, 2.45) is 0 Å². The van der Waals surface area contributed by atoms with E-state index in [-0.39, 0.29) is 29.3 Å². The van der Waals surface area contributed by atoms with E-state index in [1.54, 1.807) is 0 Å². The van der Waals surface area contributed by atoms with Crippen LogP contribution in [0.4, 0.5) is 0 Å². The van der Waals surface area contributed by atoms with Crippen molar-refractivity contribution < 1.29 is 21.9 Å². The molecule has 24 heavy (non-hydrogen) atoms. The van der Waals surface area contributed by atoms with Crippen molar-refractivity contribution >= 4 is 27.6 Å². The van der Waals surface area contributed by atoms with Gasteiger partial charge in [0, 0.05) is 23.4 Å². The Kier molecular flexibility index (Phi) is 6.29. The maximum atomic E-state index is 11.0. The van der Waals surface area contributed by atoms with Crippen LogP contribution < -0.4 is 17.1 Å². The molecule has 0 aliphatic heterocycles. The summed E-state index contributed by atoms with van der Waals surface area (Å²) in [6.07, 6.45) is 2.25. The van der Waals surface area contributed by atoms with Gasteiger partial charge in [-0.15, -0.1) is 0 Å². The molecule has 1 unspecified atom stereocenters. The fraction of sp³-hybridized carbons (Fsp3) is 0.150. The van der Waals surface area contributed by atoms with Crippen LogP contribution >= 0.6 is 0 Å². The zero-order valence-electron chi connectivity index (χ0n) is 13.7. The standard InChI is InChI=1S/C20H19O2S.ClH/c1-15(21)22-18-10-12-19(13-11-18)23(2)14-17-8-5-7-16-6-3-4-9-20(16)17;/h3-13H,14H2,1-2H3;1H/q+1;/p-1. The predicted molar refractivity (Wildman–Crippen MR) is 97.0 cm³/mol. The van der Waals surface area contributed by atoms with E-state index < -0.39 is 0 Å². The molecule has 3 rings (SSSR count). The van der Waals surface area contributed by atoms with E-state index in [1.807, 2.05) is 24.3 Å². The zero-order chi connectivity index (χ0) is 16.2. The normalized spacial score (nSPS) is 11.6. The lowest BCUT2D eigenvalue weighted by Crippen LogP contribution is -3.00. The van der Waals surface area contributed by atoms with Crippen LogP contribution in [-0.4, -0.2) is 12.2 Å². The third-order valence-electron chi connectivity index (χ3n) is 3.74. The summed E-state index contributed by atoms with van der Waals surface area (Å²) in [6, 6.07) is 22.8. The predicted octanol–water partition coefficient (Wildman–Crippen LogP) is 1.58. The molecule has 0 amide bonds. The monoisotopic (exact) mass is 358 g/mol. The summed E-state index contributed by atoms with van der Waals surface area (Å²) < 4.78 is 5.09. The van der Waals surface area contributed by atoms with E-state index in [4.69, 9.17) is 4.74 Å². The Morgan fingerprint density at radius 2 is 1.62 bits per heavy atom. The van der Waals surface area contributed by atoms with Gasteiger partial charge in [0.1, 0.15) is 17.8 Å². The van der Waals surface area contributed by atoms with Crippen LogP contribution in [0.15, 0.2) is 71.6 Å².